The molecular weight excluding hydrogens is 496 g/mol. The Bertz CT molecular complexity index is 1710. The minimum atomic E-state index is -0.388. The molecule has 5 aromatic carbocycles. The molecule has 0 unspecified atom stereocenters. The first-order valence-electron chi connectivity index (χ1n) is 14.3. The second-order valence-electron chi connectivity index (χ2n) is 11.0. The molecule has 0 saturated heterocycles. The van der Waals surface area contributed by atoms with Gasteiger partial charge in [-0.3, -0.25) is 0 Å². The van der Waals surface area contributed by atoms with Crippen LogP contribution in [0.3, 0.4) is 0 Å². The lowest BCUT2D eigenvalue weighted by Gasteiger charge is -2.34. The number of allylic oxidation sites excluding steroid dienone is 1. The maximum atomic E-state index is 6.77. The highest BCUT2D eigenvalue weighted by Crippen LogP contribution is 2.55. The van der Waals surface area contributed by atoms with Crippen LogP contribution in [0, 0.1) is 6.92 Å². The number of rotatable bonds is 7. The predicted octanol–water partition coefficient (Wildman–Crippen LogP) is 8.61. The maximum Gasteiger partial charge on any atom is 0.0713 e. The first kappa shape index (κ1) is 26.4. The average Bonchev–Trinajstić information content (AvgIpc) is 3.33. The van der Waals surface area contributed by atoms with Gasteiger partial charge in [0.25, 0.3) is 0 Å². The van der Waals surface area contributed by atoms with Crippen LogP contribution in [0.2, 0.25) is 0 Å². The van der Waals surface area contributed by atoms with Crippen molar-refractivity contribution < 1.29 is 0 Å². The summed E-state index contributed by atoms with van der Waals surface area (Å²) in [5, 5.41) is 0. The first-order valence-corrected chi connectivity index (χ1v) is 14.3. The largest absolute Gasteiger partial charge is 0.405 e. The zero-order valence-corrected chi connectivity index (χ0v) is 23.8. The van der Waals surface area contributed by atoms with Crippen molar-refractivity contribution in [2.75, 3.05) is 0 Å². The van der Waals surface area contributed by atoms with Crippen LogP contribution in [0.4, 0.5) is 0 Å². The van der Waals surface area contributed by atoms with Crippen LogP contribution in [-0.2, 0) is 11.8 Å². The highest BCUT2D eigenvalue weighted by atomic mass is 14.6. The molecule has 0 bridgehead atoms. The van der Waals surface area contributed by atoms with E-state index in [0.717, 1.165) is 29.7 Å². The van der Waals surface area contributed by atoms with E-state index in [1.165, 1.54) is 50.1 Å². The minimum Gasteiger partial charge on any atom is -0.405 e. The lowest BCUT2D eigenvalue weighted by Crippen LogP contribution is -2.28. The normalized spacial score (nSPS) is 14.0. The molecule has 0 spiro atoms. The smallest absolute Gasteiger partial charge is 0.0713 e. The SMILES string of the molecule is C/C(CCc1cccc(/C=C\N)c1C)=C(\N)c1ccc(C2(c3ccccc3)c3ccccc3-c3ccccc32)cc1. The van der Waals surface area contributed by atoms with E-state index in [2.05, 4.69) is 135 Å². The standard InChI is InChI=1S/C39H36N2/c1-27(19-20-29-11-10-12-30(25-26-40)28(29)2)38(41)31-21-23-33(24-22-31)39(32-13-4-3-5-14-32)36-17-8-6-15-34(36)35-16-7-9-18-37(35)39/h3-18,21-26H,19-20,40-41H2,1-2H3/b26-25-,38-27+. The summed E-state index contributed by atoms with van der Waals surface area (Å²) in [5.41, 5.74) is 26.7. The zero-order chi connectivity index (χ0) is 28.4. The molecule has 1 aliphatic rings. The second kappa shape index (κ2) is 11.0. The maximum absolute atomic E-state index is 6.77. The summed E-state index contributed by atoms with van der Waals surface area (Å²) in [4.78, 5) is 0. The summed E-state index contributed by atoms with van der Waals surface area (Å²) in [6.07, 6.45) is 5.40. The van der Waals surface area contributed by atoms with Crippen molar-refractivity contribution in [3.63, 3.8) is 0 Å². The monoisotopic (exact) mass is 532 g/mol. The van der Waals surface area contributed by atoms with Crippen molar-refractivity contribution in [3.8, 4) is 11.1 Å². The van der Waals surface area contributed by atoms with Crippen molar-refractivity contribution in [1.29, 1.82) is 0 Å². The molecule has 202 valence electrons. The summed E-state index contributed by atoms with van der Waals surface area (Å²) >= 11 is 0. The van der Waals surface area contributed by atoms with Gasteiger partial charge in [-0.2, -0.15) is 0 Å². The molecule has 6 rings (SSSR count). The summed E-state index contributed by atoms with van der Waals surface area (Å²) in [6.45, 7) is 4.31. The molecule has 0 amide bonds. The molecule has 0 atom stereocenters. The van der Waals surface area contributed by atoms with E-state index in [4.69, 9.17) is 11.5 Å². The number of benzene rings is 5. The lowest BCUT2D eigenvalue weighted by molar-refractivity contribution is 0.768. The highest BCUT2D eigenvalue weighted by molar-refractivity contribution is 5.86. The summed E-state index contributed by atoms with van der Waals surface area (Å²) < 4.78 is 0. The fourth-order valence-corrected chi connectivity index (χ4v) is 6.57. The van der Waals surface area contributed by atoms with E-state index in [-0.39, 0.29) is 5.41 Å². The highest BCUT2D eigenvalue weighted by Gasteiger charge is 2.45. The van der Waals surface area contributed by atoms with Gasteiger partial charge in [-0.1, -0.05) is 121 Å². The van der Waals surface area contributed by atoms with Gasteiger partial charge in [-0.25, -0.2) is 0 Å². The van der Waals surface area contributed by atoms with Gasteiger partial charge in [0, 0.05) is 5.70 Å². The summed E-state index contributed by atoms with van der Waals surface area (Å²) in [6, 6.07) is 43.9. The molecule has 0 saturated carbocycles. The molecule has 5 aromatic rings. The Morgan fingerprint density at radius 1 is 0.683 bits per heavy atom. The number of hydrogen-bond donors (Lipinski definition) is 2. The van der Waals surface area contributed by atoms with Crippen molar-refractivity contribution in [2.45, 2.75) is 32.1 Å². The van der Waals surface area contributed by atoms with Crippen LogP contribution >= 0.6 is 0 Å². The Morgan fingerprint density at radius 3 is 1.90 bits per heavy atom. The third kappa shape index (κ3) is 4.46. The van der Waals surface area contributed by atoms with Crippen LogP contribution in [0.25, 0.3) is 22.9 Å². The third-order valence-corrected chi connectivity index (χ3v) is 8.78. The quantitative estimate of drug-likeness (QED) is 0.216. The molecular formula is C39H36N2. The van der Waals surface area contributed by atoms with Gasteiger partial charge in [-0.15, -0.1) is 0 Å². The van der Waals surface area contributed by atoms with Gasteiger partial charge in [0.15, 0.2) is 0 Å². The van der Waals surface area contributed by atoms with Crippen LogP contribution in [0.5, 0.6) is 0 Å². The molecule has 2 nitrogen and oxygen atoms in total. The van der Waals surface area contributed by atoms with Gasteiger partial charge in [0.05, 0.1) is 5.41 Å². The Hall–Kier alpha value is -4.82. The minimum absolute atomic E-state index is 0.388. The Morgan fingerprint density at radius 2 is 1.27 bits per heavy atom. The number of hydrogen-bond acceptors (Lipinski definition) is 2. The van der Waals surface area contributed by atoms with Crippen molar-refractivity contribution in [3.05, 3.63) is 178 Å². The Kier molecular flexibility index (Phi) is 7.07. The molecule has 2 heteroatoms. The van der Waals surface area contributed by atoms with Crippen molar-refractivity contribution >= 4 is 11.8 Å². The first-order chi connectivity index (χ1) is 20.1. The van der Waals surface area contributed by atoms with Gasteiger partial charge in [-0.05, 0) is 100 Å². The fraction of sp³-hybridized carbons (Fsp3) is 0.128. The van der Waals surface area contributed by atoms with Crippen molar-refractivity contribution in [2.24, 2.45) is 11.5 Å². The van der Waals surface area contributed by atoms with Crippen LogP contribution < -0.4 is 11.5 Å². The number of aryl methyl sites for hydroxylation is 1. The Balaban J connectivity index is 1.38. The molecule has 0 heterocycles. The molecule has 0 aliphatic heterocycles. The number of fused-ring (bicyclic) bond motifs is 3. The third-order valence-electron chi connectivity index (χ3n) is 8.78. The average molecular weight is 533 g/mol. The van der Waals surface area contributed by atoms with E-state index in [1.807, 2.05) is 6.08 Å². The van der Waals surface area contributed by atoms with Crippen molar-refractivity contribution in [1.82, 2.24) is 0 Å². The molecule has 0 aromatic heterocycles. The molecule has 0 radical (unpaired) electrons. The van der Waals surface area contributed by atoms with Crippen LogP contribution in [0.1, 0.15) is 57.9 Å². The Labute approximate surface area is 243 Å². The zero-order valence-electron chi connectivity index (χ0n) is 23.8. The van der Waals surface area contributed by atoms with Crippen LogP contribution in [0.15, 0.2) is 133 Å². The topological polar surface area (TPSA) is 52.0 Å². The predicted molar refractivity (Wildman–Crippen MR) is 173 cm³/mol. The van der Waals surface area contributed by atoms with E-state index in [1.54, 1.807) is 6.20 Å². The molecule has 41 heavy (non-hydrogen) atoms. The fourth-order valence-electron chi connectivity index (χ4n) is 6.57. The molecule has 4 N–H and O–H groups in total. The summed E-state index contributed by atoms with van der Waals surface area (Å²) in [5.74, 6) is 0. The van der Waals surface area contributed by atoms with Gasteiger partial charge in [0.2, 0.25) is 0 Å². The lowest BCUT2D eigenvalue weighted by atomic mass is 9.67. The van der Waals surface area contributed by atoms with Crippen LogP contribution in [-0.4, -0.2) is 0 Å². The van der Waals surface area contributed by atoms with Gasteiger partial charge < -0.3 is 11.5 Å². The van der Waals surface area contributed by atoms with E-state index in [9.17, 15) is 0 Å². The second-order valence-corrected chi connectivity index (χ2v) is 11.0. The van der Waals surface area contributed by atoms with E-state index < -0.39 is 0 Å². The molecule has 0 fully saturated rings. The van der Waals surface area contributed by atoms with E-state index in [0.29, 0.717) is 0 Å². The number of nitrogens with two attached hydrogens (primary N) is 2. The molecule has 1 aliphatic carbocycles. The van der Waals surface area contributed by atoms with Gasteiger partial charge in [0.1, 0.15) is 0 Å². The van der Waals surface area contributed by atoms with E-state index >= 15 is 0 Å². The summed E-state index contributed by atoms with van der Waals surface area (Å²) in [7, 11) is 0. The van der Waals surface area contributed by atoms with Gasteiger partial charge >= 0.3 is 0 Å².